The fourth-order valence-corrected chi connectivity index (χ4v) is 3.32. The van der Waals surface area contributed by atoms with E-state index in [4.69, 9.17) is 0 Å². The van der Waals surface area contributed by atoms with Gasteiger partial charge in [-0.2, -0.15) is 0 Å². The van der Waals surface area contributed by atoms with Gasteiger partial charge in [-0.05, 0) is 44.4 Å². The summed E-state index contributed by atoms with van der Waals surface area (Å²) in [5, 5.41) is 3.76. The Balaban J connectivity index is 2.34. The predicted octanol–water partition coefficient (Wildman–Crippen LogP) is 4.11. The lowest BCUT2D eigenvalue weighted by Gasteiger charge is -2.48. The van der Waals surface area contributed by atoms with Gasteiger partial charge in [-0.15, -0.1) is 0 Å². The monoisotopic (exact) mass is 324 g/mol. The molecule has 0 bridgehead atoms. The van der Waals surface area contributed by atoms with Crippen molar-refractivity contribution in [2.24, 2.45) is 0 Å². The highest BCUT2D eigenvalue weighted by Gasteiger charge is 2.35. The highest BCUT2D eigenvalue weighted by atomic mass is 79.9. The van der Waals surface area contributed by atoms with Gasteiger partial charge in [-0.3, -0.25) is 0 Å². The van der Waals surface area contributed by atoms with Crippen LogP contribution in [0.4, 0.5) is 5.69 Å². The van der Waals surface area contributed by atoms with Gasteiger partial charge >= 0.3 is 0 Å². The molecule has 106 valence electrons. The Morgan fingerprint density at radius 1 is 1.37 bits per heavy atom. The third kappa shape index (κ3) is 2.82. The lowest BCUT2D eigenvalue weighted by Crippen LogP contribution is -2.63. The van der Waals surface area contributed by atoms with Crippen LogP contribution in [0.5, 0.6) is 0 Å². The number of anilines is 1. The molecule has 2 nitrogen and oxygen atoms in total. The molecule has 1 unspecified atom stereocenters. The van der Waals surface area contributed by atoms with Crippen molar-refractivity contribution in [2.75, 3.05) is 18.0 Å². The standard InChI is InChI=1S/C16H25BrN2/c1-5-16(6-2)11-19(12(3)10-18-16)15-9-7-8-14(17)13(15)4/h7-9,12,18H,5-6,10-11H2,1-4H3. The molecule has 1 aliphatic rings. The summed E-state index contributed by atoms with van der Waals surface area (Å²) in [6, 6.07) is 7.05. The Morgan fingerprint density at radius 3 is 2.68 bits per heavy atom. The molecule has 0 aromatic heterocycles. The molecule has 1 N–H and O–H groups in total. The highest BCUT2D eigenvalue weighted by Crippen LogP contribution is 2.32. The van der Waals surface area contributed by atoms with E-state index in [1.807, 2.05) is 0 Å². The summed E-state index contributed by atoms with van der Waals surface area (Å²) in [6.07, 6.45) is 2.36. The van der Waals surface area contributed by atoms with E-state index < -0.39 is 0 Å². The van der Waals surface area contributed by atoms with Gasteiger partial charge in [0.2, 0.25) is 0 Å². The number of piperazine rings is 1. The van der Waals surface area contributed by atoms with Gasteiger partial charge in [0.15, 0.2) is 0 Å². The van der Waals surface area contributed by atoms with Crippen LogP contribution in [0.15, 0.2) is 22.7 Å². The van der Waals surface area contributed by atoms with Crippen molar-refractivity contribution in [3.05, 3.63) is 28.2 Å². The Morgan fingerprint density at radius 2 is 2.05 bits per heavy atom. The van der Waals surface area contributed by atoms with Crippen LogP contribution in [0.2, 0.25) is 0 Å². The molecule has 3 heteroatoms. The summed E-state index contributed by atoms with van der Waals surface area (Å²) >= 11 is 3.65. The summed E-state index contributed by atoms with van der Waals surface area (Å²) in [5.41, 5.74) is 2.98. The molecular weight excluding hydrogens is 300 g/mol. The minimum absolute atomic E-state index is 0.265. The van der Waals surface area contributed by atoms with Gasteiger partial charge in [0.1, 0.15) is 0 Å². The van der Waals surface area contributed by atoms with Crippen LogP contribution >= 0.6 is 15.9 Å². The molecule has 19 heavy (non-hydrogen) atoms. The molecule has 0 radical (unpaired) electrons. The zero-order valence-electron chi connectivity index (χ0n) is 12.5. The molecule has 0 aliphatic carbocycles. The fourth-order valence-electron chi connectivity index (χ4n) is 2.97. The minimum Gasteiger partial charge on any atom is -0.365 e. The molecule has 2 rings (SSSR count). The number of hydrogen-bond donors (Lipinski definition) is 1. The summed E-state index contributed by atoms with van der Waals surface area (Å²) in [6.45, 7) is 11.2. The number of benzene rings is 1. The van der Waals surface area contributed by atoms with E-state index in [0.717, 1.165) is 13.1 Å². The van der Waals surface area contributed by atoms with Crippen molar-refractivity contribution in [1.29, 1.82) is 0 Å². The molecule has 1 atom stereocenters. The molecule has 0 saturated carbocycles. The molecule has 1 aromatic carbocycles. The zero-order chi connectivity index (χ0) is 14.0. The van der Waals surface area contributed by atoms with Crippen molar-refractivity contribution >= 4 is 21.6 Å². The second-order valence-corrected chi connectivity index (χ2v) is 6.58. The minimum atomic E-state index is 0.265. The lowest BCUT2D eigenvalue weighted by atomic mass is 9.88. The van der Waals surface area contributed by atoms with Crippen LogP contribution in [-0.2, 0) is 0 Å². The number of rotatable bonds is 3. The van der Waals surface area contributed by atoms with Gasteiger partial charge in [0.25, 0.3) is 0 Å². The number of nitrogens with zero attached hydrogens (tertiary/aromatic N) is 1. The molecular formula is C16H25BrN2. The maximum absolute atomic E-state index is 3.76. The third-order valence-corrected chi connectivity index (χ3v) is 5.54. The van der Waals surface area contributed by atoms with Crippen LogP contribution < -0.4 is 10.2 Å². The van der Waals surface area contributed by atoms with E-state index in [1.54, 1.807) is 0 Å². The lowest BCUT2D eigenvalue weighted by molar-refractivity contribution is 0.253. The molecule has 1 saturated heterocycles. The van der Waals surface area contributed by atoms with Crippen molar-refractivity contribution in [1.82, 2.24) is 5.32 Å². The Labute approximate surface area is 125 Å². The van der Waals surface area contributed by atoms with Crippen LogP contribution in [0, 0.1) is 6.92 Å². The van der Waals surface area contributed by atoms with Gasteiger partial charge in [-0.1, -0.05) is 35.8 Å². The smallest absolute Gasteiger partial charge is 0.0410 e. The van der Waals surface area contributed by atoms with E-state index in [1.165, 1.54) is 28.6 Å². The van der Waals surface area contributed by atoms with Crippen LogP contribution in [0.1, 0.15) is 39.2 Å². The van der Waals surface area contributed by atoms with Crippen molar-refractivity contribution < 1.29 is 0 Å². The largest absolute Gasteiger partial charge is 0.365 e. The van der Waals surface area contributed by atoms with Crippen molar-refractivity contribution in [3.8, 4) is 0 Å². The van der Waals surface area contributed by atoms with Gasteiger partial charge in [0.05, 0.1) is 0 Å². The van der Waals surface area contributed by atoms with E-state index in [9.17, 15) is 0 Å². The molecule has 1 heterocycles. The van der Waals surface area contributed by atoms with Gasteiger partial charge < -0.3 is 10.2 Å². The molecule has 1 aliphatic heterocycles. The Kier molecular flexibility index (Phi) is 4.57. The second kappa shape index (κ2) is 5.84. The van der Waals surface area contributed by atoms with E-state index in [-0.39, 0.29) is 5.54 Å². The topological polar surface area (TPSA) is 15.3 Å². The first-order chi connectivity index (χ1) is 9.03. The first-order valence-corrected chi connectivity index (χ1v) is 8.09. The maximum atomic E-state index is 3.76. The van der Waals surface area contributed by atoms with Crippen molar-refractivity contribution in [2.45, 2.75) is 52.1 Å². The van der Waals surface area contributed by atoms with Crippen LogP contribution in [0.25, 0.3) is 0 Å². The van der Waals surface area contributed by atoms with E-state index in [0.29, 0.717) is 6.04 Å². The average molecular weight is 325 g/mol. The summed E-state index contributed by atoms with van der Waals surface area (Å²) < 4.78 is 1.20. The van der Waals surface area contributed by atoms with E-state index in [2.05, 4.69) is 72.0 Å². The fraction of sp³-hybridized carbons (Fsp3) is 0.625. The van der Waals surface area contributed by atoms with Gasteiger partial charge in [-0.25, -0.2) is 0 Å². The SMILES string of the molecule is CCC1(CC)CN(c2cccc(Br)c2C)C(C)CN1. The summed E-state index contributed by atoms with van der Waals surface area (Å²) in [7, 11) is 0. The average Bonchev–Trinajstić information content (AvgIpc) is 2.43. The second-order valence-electron chi connectivity index (χ2n) is 5.73. The third-order valence-electron chi connectivity index (χ3n) is 4.68. The number of hydrogen-bond acceptors (Lipinski definition) is 2. The van der Waals surface area contributed by atoms with Gasteiger partial charge in [0, 0.05) is 34.8 Å². The normalized spacial score (nSPS) is 22.6. The first-order valence-electron chi connectivity index (χ1n) is 7.30. The van der Waals surface area contributed by atoms with Crippen molar-refractivity contribution in [3.63, 3.8) is 0 Å². The summed E-state index contributed by atoms with van der Waals surface area (Å²) in [4.78, 5) is 2.57. The molecule has 1 fully saturated rings. The number of nitrogens with one attached hydrogen (secondary N) is 1. The zero-order valence-corrected chi connectivity index (χ0v) is 14.0. The Bertz CT molecular complexity index is 440. The quantitative estimate of drug-likeness (QED) is 0.899. The van der Waals surface area contributed by atoms with Crippen LogP contribution in [0.3, 0.4) is 0 Å². The Hall–Kier alpha value is -0.540. The van der Waals surface area contributed by atoms with Crippen LogP contribution in [-0.4, -0.2) is 24.7 Å². The molecule has 0 amide bonds. The summed E-state index contributed by atoms with van der Waals surface area (Å²) in [5.74, 6) is 0. The maximum Gasteiger partial charge on any atom is 0.0410 e. The molecule has 0 spiro atoms. The molecule has 1 aromatic rings. The predicted molar refractivity (Wildman–Crippen MR) is 87.0 cm³/mol. The first kappa shape index (κ1) is 14.9. The highest BCUT2D eigenvalue weighted by molar-refractivity contribution is 9.10. The van der Waals surface area contributed by atoms with E-state index >= 15 is 0 Å². The number of halogens is 1.